The summed E-state index contributed by atoms with van der Waals surface area (Å²) in [6.45, 7) is 0.782. The third-order valence-corrected chi connectivity index (χ3v) is 3.38. The number of ether oxygens (including phenoxy) is 2. The number of hydrogen-bond donors (Lipinski definition) is 5. The normalized spacial score (nSPS) is 31.5. The van der Waals surface area contributed by atoms with Gasteiger partial charge in [0.15, 0.2) is 0 Å². The highest BCUT2D eigenvalue weighted by atomic mass is 16.7. The third kappa shape index (κ3) is 3.66. The molecule has 0 bridgehead atoms. The fraction of sp³-hybridized carbons (Fsp3) is 0.500. The first kappa shape index (κ1) is 16.5. The smallest absolute Gasteiger partial charge is 0.223 e. The number of nitrogens with one attached hydrogen (secondary N) is 1. The molecule has 1 heterocycles. The first-order chi connectivity index (χ1) is 10.4. The molecule has 1 fully saturated rings. The van der Waals surface area contributed by atoms with Crippen molar-refractivity contribution >= 4 is 11.6 Å². The number of aliphatic hydroxyl groups excluding tert-OH is 3. The highest BCUT2D eigenvalue weighted by Gasteiger charge is 2.46. The number of nitrogens with two attached hydrogens (primary N) is 1. The second kappa shape index (κ2) is 6.93. The second-order valence-electron chi connectivity index (χ2n) is 5.12. The van der Waals surface area contributed by atoms with Crippen molar-refractivity contribution in [3.63, 3.8) is 0 Å². The maximum atomic E-state index is 11.3. The summed E-state index contributed by atoms with van der Waals surface area (Å²) < 4.78 is 11.0. The van der Waals surface area contributed by atoms with E-state index in [0.717, 1.165) is 0 Å². The lowest BCUT2D eigenvalue weighted by Crippen LogP contribution is -2.65. The molecule has 0 aromatic heterocycles. The zero-order valence-corrected chi connectivity index (χ0v) is 12.0. The number of amides is 1. The Labute approximate surface area is 127 Å². The zero-order chi connectivity index (χ0) is 16.3. The van der Waals surface area contributed by atoms with E-state index in [4.69, 9.17) is 15.2 Å². The van der Waals surface area contributed by atoms with E-state index in [1.807, 2.05) is 0 Å². The van der Waals surface area contributed by atoms with Crippen molar-refractivity contribution in [2.45, 2.75) is 37.6 Å². The minimum atomic E-state index is -1.34. The topological polar surface area (TPSA) is 134 Å². The van der Waals surface area contributed by atoms with Crippen molar-refractivity contribution in [1.82, 2.24) is 5.32 Å². The number of hydrogen-bond acceptors (Lipinski definition) is 7. The van der Waals surface area contributed by atoms with Crippen molar-refractivity contribution in [3.05, 3.63) is 24.3 Å². The predicted octanol–water partition coefficient (Wildman–Crippen LogP) is -1.41. The zero-order valence-electron chi connectivity index (χ0n) is 12.0. The molecule has 1 amide bonds. The van der Waals surface area contributed by atoms with E-state index >= 15 is 0 Å². The van der Waals surface area contributed by atoms with Crippen molar-refractivity contribution < 1.29 is 29.6 Å². The van der Waals surface area contributed by atoms with E-state index in [0.29, 0.717) is 11.4 Å². The van der Waals surface area contributed by atoms with Crippen LogP contribution in [0.3, 0.4) is 0 Å². The number of nitrogen functional groups attached to an aromatic ring is 1. The summed E-state index contributed by atoms with van der Waals surface area (Å²) in [5, 5.41) is 31.7. The molecular weight excluding hydrogens is 292 g/mol. The van der Waals surface area contributed by atoms with Crippen LogP contribution in [-0.4, -0.2) is 58.5 Å². The Kier molecular flexibility index (Phi) is 5.19. The van der Waals surface area contributed by atoms with E-state index in [1.165, 1.54) is 6.92 Å². The van der Waals surface area contributed by atoms with Gasteiger partial charge in [-0.2, -0.15) is 0 Å². The van der Waals surface area contributed by atoms with Gasteiger partial charge in [0, 0.05) is 12.6 Å². The minimum absolute atomic E-state index is 0.409. The molecule has 1 aliphatic heterocycles. The van der Waals surface area contributed by atoms with Gasteiger partial charge < -0.3 is 35.8 Å². The summed E-state index contributed by atoms with van der Waals surface area (Å²) in [5.41, 5.74) is 6.14. The first-order valence-electron chi connectivity index (χ1n) is 6.84. The molecule has 0 saturated carbocycles. The van der Waals surface area contributed by atoms with Crippen LogP contribution in [0.4, 0.5) is 5.69 Å². The van der Waals surface area contributed by atoms with Crippen LogP contribution in [0.2, 0.25) is 0 Å². The maximum Gasteiger partial charge on any atom is 0.223 e. The van der Waals surface area contributed by atoms with Crippen molar-refractivity contribution in [3.8, 4) is 5.75 Å². The molecule has 1 aliphatic rings. The molecule has 1 aromatic rings. The number of aliphatic hydroxyl groups is 3. The fourth-order valence-electron chi connectivity index (χ4n) is 2.25. The average Bonchev–Trinajstić information content (AvgIpc) is 2.48. The molecule has 8 nitrogen and oxygen atoms in total. The largest absolute Gasteiger partial charge is 0.463 e. The quantitative estimate of drug-likeness (QED) is 0.431. The van der Waals surface area contributed by atoms with Crippen LogP contribution in [0.1, 0.15) is 6.92 Å². The standard InChI is InChI=1S/C14H20N2O6/c1-7(18)16-11-13(20)12(19)10(6-17)22-14(11)21-9-4-2-8(15)3-5-9/h2-5,10-14,17,19-20H,6,15H2,1H3,(H,16,18)/t10-,11-,12+,13-,14+/m1/s1. The highest BCUT2D eigenvalue weighted by Crippen LogP contribution is 2.24. The molecule has 5 atom stereocenters. The Balaban J connectivity index is 2.18. The number of rotatable bonds is 4. The number of carbonyl (C=O) groups is 1. The maximum absolute atomic E-state index is 11.3. The Hall–Kier alpha value is -1.87. The molecule has 1 saturated heterocycles. The van der Waals surface area contributed by atoms with Crippen LogP contribution in [-0.2, 0) is 9.53 Å². The van der Waals surface area contributed by atoms with E-state index in [-0.39, 0.29) is 0 Å². The van der Waals surface area contributed by atoms with Crippen molar-refractivity contribution in [1.29, 1.82) is 0 Å². The summed E-state index contributed by atoms with van der Waals surface area (Å²) in [6.07, 6.45) is -4.76. The molecule has 2 rings (SSSR count). The Morgan fingerprint density at radius 2 is 1.95 bits per heavy atom. The molecule has 22 heavy (non-hydrogen) atoms. The summed E-state index contributed by atoms with van der Waals surface area (Å²) in [5.74, 6) is 0.00281. The first-order valence-corrected chi connectivity index (χ1v) is 6.84. The number of benzene rings is 1. The number of anilines is 1. The summed E-state index contributed by atoms with van der Waals surface area (Å²) in [6, 6.07) is 5.48. The third-order valence-electron chi connectivity index (χ3n) is 3.38. The van der Waals surface area contributed by atoms with Gasteiger partial charge >= 0.3 is 0 Å². The van der Waals surface area contributed by atoms with Gasteiger partial charge in [-0.15, -0.1) is 0 Å². The molecule has 0 radical (unpaired) electrons. The monoisotopic (exact) mass is 312 g/mol. The van der Waals surface area contributed by atoms with E-state index in [9.17, 15) is 20.1 Å². The van der Waals surface area contributed by atoms with Crippen LogP contribution in [0.15, 0.2) is 24.3 Å². The van der Waals surface area contributed by atoms with Gasteiger partial charge in [-0.05, 0) is 24.3 Å². The lowest BCUT2D eigenvalue weighted by molar-refractivity contribution is -0.244. The van der Waals surface area contributed by atoms with Gasteiger partial charge in [0.1, 0.15) is 30.1 Å². The molecule has 0 aliphatic carbocycles. The molecular formula is C14H20N2O6. The molecule has 1 aromatic carbocycles. The van der Waals surface area contributed by atoms with Gasteiger partial charge in [0.2, 0.25) is 12.2 Å². The van der Waals surface area contributed by atoms with Crippen LogP contribution < -0.4 is 15.8 Å². The van der Waals surface area contributed by atoms with Crippen LogP contribution in [0.25, 0.3) is 0 Å². The molecule has 8 heteroatoms. The second-order valence-corrected chi connectivity index (χ2v) is 5.12. The molecule has 0 spiro atoms. The van der Waals surface area contributed by atoms with Gasteiger partial charge in [-0.3, -0.25) is 4.79 Å². The molecule has 0 unspecified atom stereocenters. The minimum Gasteiger partial charge on any atom is -0.463 e. The Morgan fingerprint density at radius 1 is 1.32 bits per heavy atom. The van der Waals surface area contributed by atoms with Gasteiger partial charge in [0.25, 0.3) is 0 Å². The molecule has 6 N–H and O–H groups in total. The van der Waals surface area contributed by atoms with E-state index in [1.54, 1.807) is 24.3 Å². The summed E-state index contributed by atoms with van der Waals surface area (Å²) in [7, 11) is 0. The van der Waals surface area contributed by atoms with Crippen molar-refractivity contribution in [2.75, 3.05) is 12.3 Å². The predicted molar refractivity (Wildman–Crippen MR) is 76.8 cm³/mol. The van der Waals surface area contributed by atoms with Crippen LogP contribution >= 0.6 is 0 Å². The van der Waals surface area contributed by atoms with Crippen molar-refractivity contribution in [2.24, 2.45) is 0 Å². The fourth-order valence-corrected chi connectivity index (χ4v) is 2.25. The SMILES string of the molecule is CC(=O)N[C@H]1[C@@H](Oc2ccc(N)cc2)O[C@H](CO)[C@H](O)[C@@H]1O. The number of carbonyl (C=O) groups excluding carboxylic acids is 1. The summed E-state index contributed by atoms with van der Waals surface area (Å²) >= 11 is 0. The van der Waals surface area contributed by atoms with Gasteiger partial charge in [0.05, 0.1) is 6.61 Å². The Morgan fingerprint density at radius 3 is 2.50 bits per heavy atom. The summed E-state index contributed by atoms with van der Waals surface area (Å²) in [4.78, 5) is 11.3. The van der Waals surface area contributed by atoms with Crippen LogP contribution in [0.5, 0.6) is 5.75 Å². The average molecular weight is 312 g/mol. The van der Waals surface area contributed by atoms with E-state index in [2.05, 4.69) is 5.32 Å². The van der Waals surface area contributed by atoms with Crippen LogP contribution in [0, 0.1) is 0 Å². The molecule has 122 valence electrons. The van der Waals surface area contributed by atoms with E-state index < -0.39 is 43.2 Å². The Bertz CT molecular complexity index is 509. The highest BCUT2D eigenvalue weighted by molar-refractivity contribution is 5.73. The van der Waals surface area contributed by atoms with Gasteiger partial charge in [-0.25, -0.2) is 0 Å². The lowest BCUT2D eigenvalue weighted by atomic mass is 9.97. The lowest BCUT2D eigenvalue weighted by Gasteiger charge is -2.42. The van der Waals surface area contributed by atoms with Gasteiger partial charge in [-0.1, -0.05) is 0 Å².